The number of esters is 1. The van der Waals surface area contributed by atoms with Gasteiger partial charge in [0.25, 0.3) is 11.8 Å². The molecule has 0 atom stereocenters. The van der Waals surface area contributed by atoms with Crippen molar-refractivity contribution < 1.29 is 23.9 Å². The molecule has 0 spiro atoms. The lowest BCUT2D eigenvalue weighted by Gasteiger charge is -2.14. The van der Waals surface area contributed by atoms with E-state index in [9.17, 15) is 14.4 Å². The Hall–Kier alpha value is -3.61. The summed E-state index contributed by atoms with van der Waals surface area (Å²) < 4.78 is 10.3. The Morgan fingerprint density at radius 1 is 1.07 bits per heavy atom. The zero-order chi connectivity index (χ0) is 19.6. The van der Waals surface area contributed by atoms with Crippen LogP contribution in [0.5, 0.6) is 11.5 Å². The van der Waals surface area contributed by atoms with E-state index in [2.05, 4.69) is 5.43 Å². The highest BCUT2D eigenvalue weighted by Gasteiger charge is 2.34. The Labute approximate surface area is 156 Å². The molecule has 0 aromatic heterocycles. The third kappa shape index (κ3) is 3.82. The maximum Gasteiger partial charge on any atom is 0.308 e. The number of nitrogens with zero attached hydrogens (tertiary/aromatic N) is 1. The van der Waals surface area contributed by atoms with Gasteiger partial charge >= 0.3 is 5.97 Å². The van der Waals surface area contributed by atoms with Crippen LogP contribution in [0.3, 0.4) is 0 Å². The van der Waals surface area contributed by atoms with Crippen LogP contribution in [0.15, 0.2) is 48.0 Å². The second-order valence-corrected chi connectivity index (χ2v) is 5.98. The predicted molar refractivity (Wildman–Crippen MR) is 99.1 cm³/mol. The van der Waals surface area contributed by atoms with Gasteiger partial charge in [0.1, 0.15) is 5.57 Å². The standard InChI is InChI=1S/C20H18N2O5/c1-12-4-7-15(8-5-12)22-20(25)16(19(24)21-22)10-14-6-9-17(27-13(2)23)18(11-14)26-3/h4-11H,1-3H3,(H,21,24). The van der Waals surface area contributed by atoms with Gasteiger partial charge in [-0.15, -0.1) is 0 Å². The van der Waals surface area contributed by atoms with Crippen molar-refractivity contribution in [2.24, 2.45) is 0 Å². The Kier molecular flexibility index (Phi) is 4.94. The number of methoxy groups -OCH3 is 1. The molecule has 7 nitrogen and oxygen atoms in total. The Bertz CT molecular complexity index is 947. The van der Waals surface area contributed by atoms with E-state index in [1.54, 1.807) is 30.3 Å². The molecule has 3 rings (SSSR count). The fraction of sp³-hybridized carbons (Fsp3) is 0.150. The SMILES string of the molecule is COc1cc(C=C2C(=O)NN(c3ccc(C)cc3)C2=O)ccc1OC(C)=O. The molecule has 138 valence electrons. The smallest absolute Gasteiger partial charge is 0.308 e. The summed E-state index contributed by atoms with van der Waals surface area (Å²) in [4.78, 5) is 36.0. The number of anilines is 1. The molecule has 0 bridgehead atoms. The molecule has 2 aromatic rings. The highest BCUT2D eigenvalue weighted by atomic mass is 16.6. The number of amides is 2. The third-order valence-electron chi connectivity index (χ3n) is 3.94. The minimum atomic E-state index is -0.497. The van der Waals surface area contributed by atoms with Crippen molar-refractivity contribution in [1.29, 1.82) is 0 Å². The fourth-order valence-corrected chi connectivity index (χ4v) is 2.61. The van der Waals surface area contributed by atoms with Gasteiger partial charge in [-0.3, -0.25) is 19.8 Å². The summed E-state index contributed by atoms with van der Waals surface area (Å²) >= 11 is 0. The first-order chi connectivity index (χ1) is 12.9. The van der Waals surface area contributed by atoms with Crippen LogP contribution >= 0.6 is 0 Å². The van der Waals surface area contributed by atoms with Gasteiger partial charge in [-0.2, -0.15) is 0 Å². The van der Waals surface area contributed by atoms with E-state index in [0.29, 0.717) is 17.0 Å². The van der Waals surface area contributed by atoms with Gasteiger partial charge in [0.15, 0.2) is 11.5 Å². The molecular weight excluding hydrogens is 348 g/mol. The summed E-state index contributed by atoms with van der Waals surface area (Å²) in [5, 5.41) is 1.21. The molecule has 27 heavy (non-hydrogen) atoms. The molecule has 0 saturated carbocycles. The molecular formula is C20H18N2O5. The number of nitrogens with one attached hydrogen (secondary N) is 1. The normalized spacial score (nSPS) is 15.1. The number of ether oxygens (including phenoxy) is 2. The monoisotopic (exact) mass is 366 g/mol. The van der Waals surface area contributed by atoms with E-state index in [1.807, 2.05) is 19.1 Å². The van der Waals surface area contributed by atoms with Crippen LogP contribution in [-0.2, 0) is 14.4 Å². The Balaban J connectivity index is 1.90. The summed E-state index contributed by atoms with van der Waals surface area (Å²) in [7, 11) is 1.44. The molecule has 1 fully saturated rings. The molecule has 1 aliphatic rings. The fourth-order valence-electron chi connectivity index (χ4n) is 2.61. The zero-order valence-electron chi connectivity index (χ0n) is 15.1. The summed E-state index contributed by atoms with van der Waals surface area (Å²) in [6.45, 7) is 3.23. The lowest BCUT2D eigenvalue weighted by Crippen LogP contribution is -2.35. The summed E-state index contributed by atoms with van der Waals surface area (Å²) in [5.41, 5.74) is 4.73. The van der Waals surface area contributed by atoms with Gasteiger partial charge in [-0.25, -0.2) is 5.01 Å². The van der Waals surface area contributed by atoms with Crippen LogP contribution in [0.2, 0.25) is 0 Å². The summed E-state index contributed by atoms with van der Waals surface area (Å²) in [6, 6.07) is 12.0. The number of hydrogen-bond acceptors (Lipinski definition) is 5. The number of benzene rings is 2. The molecule has 2 amide bonds. The number of aryl methyl sites for hydroxylation is 1. The molecule has 0 unspecified atom stereocenters. The van der Waals surface area contributed by atoms with E-state index in [-0.39, 0.29) is 11.3 Å². The van der Waals surface area contributed by atoms with E-state index < -0.39 is 17.8 Å². The third-order valence-corrected chi connectivity index (χ3v) is 3.94. The molecule has 1 N–H and O–H groups in total. The van der Waals surface area contributed by atoms with Gasteiger partial charge in [-0.1, -0.05) is 23.8 Å². The van der Waals surface area contributed by atoms with E-state index in [4.69, 9.17) is 9.47 Å². The molecule has 1 saturated heterocycles. The highest BCUT2D eigenvalue weighted by Crippen LogP contribution is 2.30. The molecule has 2 aromatic carbocycles. The molecule has 0 radical (unpaired) electrons. The maximum absolute atomic E-state index is 12.6. The lowest BCUT2D eigenvalue weighted by molar-refractivity contribution is -0.132. The number of hydrazine groups is 1. The van der Waals surface area contributed by atoms with Crippen molar-refractivity contribution >= 4 is 29.5 Å². The van der Waals surface area contributed by atoms with Gasteiger partial charge in [0.2, 0.25) is 0 Å². The number of carbonyl (C=O) groups is 3. The van der Waals surface area contributed by atoms with Gasteiger partial charge in [0.05, 0.1) is 12.8 Å². The zero-order valence-corrected chi connectivity index (χ0v) is 15.1. The predicted octanol–water partition coefficient (Wildman–Crippen LogP) is 2.39. The second kappa shape index (κ2) is 7.33. The van der Waals surface area contributed by atoms with Crippen molar-refractivity contribution in [3.63, 3.8) is 0 Å². The Morgan fingerprint density at radius 3 is 2.41 bits per heavy atom. The van der Waals surface area contributed by atoms with Gasteiger partial charge in [-0.05, 0) is 42.8 Å². The van der Waals surface area contributed by atoms with E-state index >= 15 is 0 Å². The van der Waals surface area contributed by atoms with Gasteiger partial charge < -0.3 is 9.47 Å². The van der Waals surface area contributed by atoms with Crippen LogP contribution in [0.4, 0.5) is 5.69 Å². The topological polar surface area (TPSA) is 84.9 Å². The largest absolute Gasteiger partial charge is 0.493 e. The van der Waals surface area contributed by atoms with Crippen LogP contribution in [-0.4, -0.2) is 24.9 Å². The van der Waals surface area contributed by atoms with Crippen molar-refractivity contribution in [1.82, 2.24) is 5.43 Å². The van der Waals surface area contributed by atoms with Crippen molar-refractivity contribution in [2.45, 2.75) is 13.8 Å². The average Bonchev–Trinajstić information content (AvgIpc) is 2.91. The van der Waals surface area contributed by atoms with E-state index in [1.165, 1.54) is 25.1 Å². The lowest BCUT2D eigenvalue weighted by atomic mass is 10.1. The number of carbonyl (C=O) groups excluding carboxylic acids is 3. The first-order valence-electron chi connectivity index (χ1n) is 8.19. The minimum Gasteiger partial charge on any atom is -0.493 e. The van der Waals surface area contributed by atoms with Crippen molar-refractivity contribution in [3.05, 3.63) is 59.2 Å². The first kappa shape index (κ1) is 18.2. The summed E-state index contributed by atoms with van der Waals surface area (Å²) in [5.74, 6) is -0.842. The van der Waals surface area contributed by atoms with Crippen LogP contribution in [0, 0.1) is 6.92 Å². The average molecular weight is 366 g/mol. The van der Waals surface area contributed by atoms with Crippen LogP contribution in [0.1, 0.15) is 18.1 Å². The number of hydrogen-bond donors (Lipinski definition) is 1. The van der Waals surface area contributed by atoms with Gasteiger partial charge in [0, 0.05) is 6.92 Å². The number of rotatable bonds is 4. The molecule has 7 heteroatoms. The quantitative estimate of drug-likeness (QED) is 0.389. The maximum atomic E-state index is 12.6. The minimum absolute atomic E-state index is 0.00198. The van der Waals surface area contributed by atoms with E-state index in [0.717, 1.165) is 5.56 Å². The highest BCUT2D eigenvalue weighted by molar-refractivity contribution is 6.31. The Morgan fingerprint density at radius 2 is 1.78 bits per heavy atom. The van der Waals surface area contributed by atoms with Crippen LogP contribution in [0.25, 0.3) is 6.08 Å². The second-order valence-electron chi connectivity index (χ2n) is 5.98. The summed E-state index contributed by atoms with van der Waals surface area (Å²) in [6.07, 6.45) is 1.46. The van der Waals surface area contributed by atoms with Crippen LogP contribution < -0.4 is 19.9 Å². The molecule has 0 aliphatic carbocycles. The van der Waals surface area contributed by atoms with Crippen molar-refractivity contribution in [3.8, 4) is 11.5 Å². The first-order valence-corrected chi connectivity index (χ1v) is 8.19. The molecule has 1 aliphatic heterocycles. The molecule has 1 heterocycles. The van der Waals surface area contributed by atoms with Crippen molar-refractivity contribution in [2.75, 3.05) is 12.1 Å².